The first kappa shape index (κ1) is 13.8. The molecule has 0 amide bonds. The van der Waals surface area contributed by atoms with Gasteiger partial charge in [0.05, 0.1) is 0 Å². The minimum atomic E-state index is 0.472. The van der Waals surface area contributed by atoms with Crippen molar-refractivity contribution < 1.29 is 0 Å². The van der Waals surface area contributed by atoms with Crippen LogP contribution in [0.25, 0.3) is 0 Å². The number of nitrogens with two attached hydrogens (primary N) is 1. The number of rotatable bonds is 3. The van der Waals surface area contributed by atoms with E-state index in [1.165, 1.54) is 6.20 Å². The van der Waals surface area contributed by atoms with E-state index in [1.807, 2.05) is 26.8 Å². The smallest absolute Gasteiger partial charge is 0.0387 e. The SMILES string of the molecule is CC.CCN=C(/C=C\N)C(C)C. The van der Waals surface area contributed by atoms with E-state index in [1.54, 1.807) is 0 Å². The molecule has 0 aromatic heterocycles. The molecule has 72 valence electrons. The van der Waals surface area contributed by atoms with Gasteiger partial charge in [0.1, 0.15) is 0 Å². The molecule has 0 radical (unpaired) electrons. The standard InChI is InChI=1S/C8H16N2.C2H6/c1-4-10-8(5-6-9)7(2)3;1-2/h5-7H,4,9H2,1-3H3;1-2H3/b6-5-,10-8?;. The van der Waals surface area contributed by atoms with Crippen molar-refractivity contribution in [1.29, 1.82) is 0 Å². The number of allylic oxidation sites excluding steroid dienone is 1. The maximum atomic E-state index is 5.24. The van der Waals surface area contributed by atoms with Crippen LogP contribution in [0.3, 0.4) is 0 Å². The van der Waals surface area contributed by atoms with Gasteiger partial charge in [-0.3, -0.25) is 4.99 Å². The van der Waals surface area contributed by atoms with Crippen LogP contribution >= 0.6 is 0 Å². The number of hydrogen-bond acceptors (Lipinski definition) is 2. The molecular formula is C10H22N2. The van der Waals surface area contributed by atoms with E-state index in [2.05, 4.69) is 18.8 Å². The van der Waals surface area contributed by atoms with Gasteiger partial charge in [0.25, 0.3) is 0 Å². The fraction of sp³-hybridized carbons (Fsp3) is 0.700. The molecule has 0 aliphatic rings. The van der Waals surface area contributed by atoms with Gasteiger partial charge in [-0.1, -0.05) is 27.7 Å². The molecule has 2 N–H and O–H groups in total. The summed E-state index contributed by atoms with van der Waals surface area (Å²) < 4.78 is 0. The lowest BCUT2D eigenvalue weighted by Crippen LogP contribution is -2.05. The summed E-state index contributed by atoms with van der Waals surface area (Å²) >= 11 is 0. The van der Waals surface area contributed by atoms with Crippen LogP contribution in [-0.4, -0.2) is 12.3 Å². The minimum Gasteiger partial charge on any atom is -0.405 e. The first-order valence-electron chi connectivity index (χ1n) is 4.65. The maximum absolute atomic E-state index is 5.24. The summed E-state index contributed by atoms with van der Waals surface area (Å²) in [7, 11) is 0. The Labute approximate surface area is 76.6 Å². The van der Waals surface area contributed by atoms with E-state index in [4.69, 9.17) is 5.73 Å². The summed E-state index contributed by atoms with van der Waals surface area (Å²) in [6.07, 6.45) is 3.39. The van der Waals surface area contributed by atoms with Crippen molar-refractivity contribution in [2.75, 3.05) is 6.54 Å². The molecule has 0 heterocycles. The molecule has 2 heteroatoms. The van der Waals surface area contributed by atoms with Crippen molar-refractivity contribution in [3.63, 3.8) is 0 Å². The summed E-state index contributed by atoms with van der Waals surface area (Å²) in [5.74, 6) is 0.472. The molecule has 0 saturated carbocycles. The van der Waals surface area contributed by atoms with Crippen LogP contribution in [-0.2, 0) is 0 Å². The van der Waals surface area contributed by atoms with E-state index in [0.717, 1.165) is 12.3 Å². The lowest BCUT2D eigenvalue weighted by atomic mass is 10.1. The molecule has 0 atom stereocenters. The fourth-order valence-corrected chi connectivity index (χ4v) is 0.709. The number of nitrogens with zero attached hydrogens (tertiary/aromatic N) is 1. The van der Waals surface area contributed by atoms with Gasteiger partial charge in [-0.15, -0.1) is 0 Å². The van der Waals surface area contributed by atoms with Crippen LogP contribution in [0.1, 0.15) is 34.6 Å². The largest absolute Gasteiger partial charge is 0.405 e. The van der Waals surface area contributed by atoms with Gasteiger partial charge in [-0.05, 0) is 25.1 Å². The maximum Gasteiger partial charge on any atom is 0.0387 e. The molecule has 0 rings (SSSR count). The second-order valence-corrected chi connectivity index (χ2v) is 2.41. The Morgan fingerprint density at radius 3 is 2.17 bits per heavy atom. The van der Waals surface area contributed by atoms with Crippen molar-refractivity contribution in [3.8, 4) is 0 Å². The second-order valence-electron chi connectivity index (χ2n) is 2.41. The van der Waals surface area contributed by atoms with Gasteiger partial charge in [0.2, 0.25) is 0 Å². The van der Waals surface area contributed by atoms with Crippen LogP contribution in [0.5, 0.6) is 0 Å². The zero-order valence-electron chi connectivity index (χ0n) is 8.96. The highest BCUT2D eigenvalue weighted by atomic mass is 14.7. The lowest BCUT2D eigenvalue weighted by molar-refractivity contribution is 0.877. The molecule has 0 unspecified atom stereocenters. The second kappa shape index (κ2) is 10.2. The van der Waals surface area contributed by atoms with Crippen molar-refractivity contribution >= 4 is 5.71 Å². The molecule has 0 fully saturated rings. The highest BCUT2D eigenvalue weighted by Crippen LogP contribution is 1.97. The van der Waals surface area contributed by atoms with Gasteiger partial charge < -0.3 is 5.73 Å². The van der Waals surface area contributed by atoms with Crippen molar-refractivity contribution in [2.24, 2.45) is 16.6 Å². The van der Waals surface area contributed by atoms with Crippen LogP contribution in [0.4, 0.5) is 0 Å². The zero-order valence-corrected chi connectivity index (χ0v) is 8.96. The average molecular weight is 170 g/mol. The van der Waals surface area contributed by atoms with Gasteiger partial charge in [-0.25, -0.2) is 0 Å². The summed E-state index contributed by atoms with van der Waals surface area (Å²) in [4.78, 5) is 4.26. The van der Waals surface area contributed by atoms with Gasteiger partial charge in [0, 0.05) is 12.3 Å². The summed E-state index contributed by atoms with van der Waals surface area (Å²) in [5.41, 5.74) is 6.31. The Bertz CT molecular complexity index is 135. The third-order valence-electron chi connectivity index (χ3n) is 1.20. The van der Waals surface area contributed by atoms with Crippen molar-refractivity contribution in [2.45, 2.75) is 34.6 Å². The summed E-state index contributed by atoms with van der Waals surface area (Å²) in [6.45, 7) is 11.1. The van der Waals surface area contributed by atoms with E-state index >= 15 is 0 Å². The number of aliphatic imine (C=N–C) groups is 1. The predicted molar refractivity (Wildman–Crippen MR) is 57.5 cm³/mol. The van der Waals surface area contributed by atoms with Crippen LogP contribution in [0.15, 0.2) is 17.3 Å². The molecule has 0 aromatic rings. The van der Waals surface area contributed by atoms with E-state index in [-0.39, 0.29) is 0 Å². The average Bonchev–Trinajstić information content (AvgIpc) is 2.08. The molecule has 0 aliphatic carbocycles. The summed E-state index contributed by atoms with van der Waals surface area (Å²) in [6, 6.07) is 0. The van der Waals surface area contributed by atoms with Crippen LogP contribution in [0.2, 0.25) is 0 Å². The van der Waals surface area contributed by atoms with Crippen LogP contribution < -0.4 is 5.73 Å². The Balaban J connectivity index is 0. The summed E-state index contributed by atoms with van der Waals surface area (Å²) in [5, 5.41) is 0. The topological polar surface area (TPSA) is 38.4 Å². The van der Waals surface area contributed by atoms with Gasteiger partial charge in [0.15, 0.2) is 0 Å². The molecule has 0 spiro atoms. The third-order valence-corrected chi connectivity index (χ3v) is 1.20. The number of hydrogen-bond donors (Lipinski definition) is 1. The first-order valence-corrected chi connectivity index (χ1v) is 4.65. The lowest BCUT2D eigenvalue weighted by Gasteiger charge is -2.02. The Morgan fingerprint density at radius 2 is 1.92 bits per heavy atom. The fourth-order valence-electron chi connectivity index (χ4n) is 0.709. The normalized spacial score (nSPS) is 11.7. The highest BCUT2D eigenvalue weighted by Gasteiger charge is 1.97. The monoisotopic (exact) mass is 170 g/mol. The molecule has 0 aromatic carbocycles. The van der Waals surface area contributed by atoms with Gasteiger partial charge in [-0.2, -0.15) is 0 Å². The Kier molecular flexibility index (Phi) is 11.7. The van der Waals surface area contributed by atoms with E-state index in [0.29, 0.717) is 5.92 Å². The molecule has 2 nitrogen and oxygen atoms in total. The molecular weight excluding hydrogens is 148 g/mol. The molecule has 0 aliphatic heterocycles. The zero-order chi connectivity index (χ0) is 9.98. The molecule has 12 heavy (non-hydrogen) atoms. The Hall–Kier alpha value is -0.790. The predicted octanol–water partition coefficient (Wildman–Crippen LogP) is 2.60. The van der Waals surface area contributed by atoms with Gasteiger partial charge >= 0.3 is 0 Å². The molecule has 0 saturated heterocycles. The molecule has 0 bridgehead atoms. The first-order chi connectivity index (χ1) is 5.72. The third kappa shape index (κ3) is 7.32. The van der Waals surface area contributed by atoms with E-state index in [9.17, 15) is 0 Å². The Morgan fingerprint density at radius 1 is 1.42 bits per heavy atom. The van der Waals surface area contributed by atoms with Crippen molar-refractivity contribution in [1.82, 2.24) is 0 Å². The van der Waals surface area contributed by atoms with Crippen LogP contribution in [0, 0.1) is 5.92 Å². The van der Waals surface area contributed by atoms with E-state index < -0.39 is 0 Å². The highest BCUT2D eigenvalue weighted by molar-refractivity contribution is 5.96. The minimum absolute atomic E-state index is 0.472. The quantitative estimate of drug-likeness (QED) is 0.650. The van der Waals surface area contributed by atoms with Crippen molar-refractivity contribution in [3.05, 3.63) is 12.3 Å².